The summed E-state index contributed by atoms with van der Waals surface area (Å²) in [5.41, 5.74) is 0.859. The highest BCUT2D eigenvalue weighted by Gasteiger charge is 2.47. The molecule has 0 aromatic heterocycles. The molecule has 106 valence electrons. The largest absolute Gasteiger partial charge is 0.481 e. The molecular weight excluding hydrogens is 261 g/mol. The molecule has 0 bridgehead atoms. The Hall–Kier alpha value is -1.91. The quantitative estimate of drug-likeness (QED) is 0.917. The van der Waals surface area contributed by atoms with Crippen molar-refractivity contribution in [1.29, 1.82) is 0 Å². The van der Waals surface area contributed by atoms with Gasteiger partial charge in [-0.1, -0.05) is 12.1 Å². The molecule has 1 aliphatic heterocycles. The van der Waals surface area contributed by atoms with Crippen LogP contribution in [0.15, 0.2) is 24.3 Å². The van der Waals surface area contributed by atoms with Crippen LogP contribution in [0.4, 0.5) is 4.39 Å². The number of likely N-dealkylation sites (tertiary alicyclic amines) is 1. The molecule has 1 saturated heterocycles. The molecule has 1 amide bonds. The Morgan fingerprint density at radius 1 is 1.35 bits per heavy atom. The van der Waals surface area contributed by atoms with E-state index in [1.807, 2.05) is 6.07 Å². The summed E-state index contributed by atoms with van der Waals surface area (Å²) in [6, 6.07) is 6.36. The van der Waals surface area contributed by atoms with Crippen molar-refractivity contribution in [2.45, 2.75) is 18.8 Å². The van der Waals surface area contributed by atoms with Gasteiger partial charge in [0.25, 0.3) is 0 Å². The van der Waals surface area contributed by atoms with Gasteiger partial charge in [-0.25, -0.2) is 4.39 Å². The summed E-state index contributed by atoms with van der Waals surface area (Å²) in [6.07, 6.45) is 1.26. The lowest BCUT2D eigenvalue weighted by Gasteiger charge is -2.15. The Morgan fingerprint density at radius 2 is 2.15 bits per heavy atom. The molecule has 1 heterocycles. The van der Waals surface area contributed by atoms with E-state index in [0.717, 1.165) is 12.0 Å². The van der Waals surface area contributed by atoms with Gasteiger partial charge in [-0.15, -0.1) is 0 Å². The number of rotatable bonds is 3. The summed E-state index contributed by atoms with van der Waals surface area (Å²) in [5, 5.41) is 8.95. The zero-order valence-corrected chi connectivity index (χ0v) is 11.0. The van der Waals surface area contributed by atoms with Crippen LogP contribution in [0.25, 0.3) is 0 Å². The van der Waals surface area contributed by atoms with Crippen molar-refractivity contribution in [3.8, 4) is 0 Å². The highest BCUT2D eigenvalue weighted by atomic mass is 19.1. The fourth-order valence-electron chi connectivity index (χ4n) is 2.97. The van der Waals surface area contributed by atoms with E-state index in [1.165, 1.54) is 12.1 Å². The number of aliphatic carboxylic acids is 1. The average Bonchev–Trinajstić information content (AvgIpc) is 3.06. The summed E-state index contributed by atoms with van der Waals surface area (Å²) < 4.78 is 13.2. The molecular formula is C15H16FNO3. The summed E-state index contributed by atoms with van der Waals surface area (Å²) in [5.74, 6) is -1.56. The molecule has 2 aliphatic rings. The maximum Gasteiger partial charge on any atom is 0.308 e. The van der Waals surface area contributed by atoms with Crippen LogP contribution >= 0.6 is 0 Å². The second-order valence-electron chi connectivity index (χ2n) is 5.61. The lowest BCUT2D eigenvalue weighted by Crippen LogP contribution is -2.31. The van der Waals surface area contributed by atoms with Gasteiger partial charge in [-0.3, -0.25) is 9.59 Å². The van der Waals surface area contributed by atoms with Crippen LogP contribution in [0.1, 0.15) is 24.3 Å². The van der Waals surface area contributed by atoms with E-state index in [0.29, 0.717) is 19.5 Å². The highest BCUT2D eigenvalue weighted by Crippen LogP contribution is 2.48. The van der Waals surface area contributed by atoms with E-state index < -0.39 is 11.9 Å². The van der Waals surface area contributed by atoms with Gasteiger partial charge >= 0.3 is 5.97 Å². The third-order valence-corrected chi connectivity index (χ3v) is 4.23. The molecule has 1 aromatic rings. The van der Waals surface area contributed by atoms with Gasteiger partial charge in [-0.2, -0.15) is 0 Å². The molecule has 0 unspecified atom stereocenters. The number of halogens is 1. The van der Waals surface area contributed by atoms with Gasteiger partial charge in [-0.05, 0) is 36.5 Å². The average molecular weight is 277 g/mol. The Labute approximate surface area is 116 Å². The molecule has 1 N–H and O–H groups in total. The lowest BCUT2D eigenvalue weighted by atomic mass is 10.1. The molecule has 5 heteroatoms. The summed E-state index contributed by atoms with van der Waals surface area (Å²) in [4.78, 5) is 24.8. The number of carbonyl (C=O) groups is 2. The van der Waals surface area contributed by atoms with E-state index in [1.54, 1.807) is 11.0 Å². The third kappa shape index (κ3) is 2.40. The lowest BCUT2D eigenvalue weighted by molar-refractivity contribution is -0.141. The molecule has 0 radical (unpaired) electrons. The minimum atomic E-state index is -0.835. The molecule has 2 fully saturated rings. The van der Waals surface area contributed by atoms with Crippen LogP contribution < -0.4 is 0 Å². The van der Waals surface area contributed by atoms with Crippen LogP contribution in [0.5, 0.6) is 0 Å². The van der Waals surface area contributed by atoms with Crippen LogP contribution in [0.2, 0.25) is 0 Å². The second-order valence-corrected chi connectivity index (χ2v) is 5.61. The number of hydrogen-bond donors (Lipinski definition) is 1. The van der Waals surface area contributed by atoms with Gasteiger partial charge in [0, 0.05) is 19.0 Å². The van der Waals surface area contributed by atoms with Crippen LogP contribution in [0.3, 0.4) is 0 Å². The second kappa shape index (κ2) is 4.89. The number of hydrogen-bond acceptors (Lipinski definition) is 2. The van der Waals surface area contributed by atoms with Crippen molar-refractivity contribution in [2.24, 2.45) is 11.8 Å². The third-order valence-electron chi connectivity index (χ3n) is 4.23. The Kier molecular flexibility index (Phi) is 3.20. The molecule has 0 spiro atoms. The molecule has 1 aromatic carbocycles. The highest BCUT2D eigenvalue weighted by molar-refractivity contribution is 5.84. The van der Waals surface area contributed by atoms with Crippen molar-refractivity contribution >= 4 is 11.9 Å². The van der Waals surface area contributed by atoms with Gasteiger partial charge in [0.2, 0.25) is 5.91 Å². The number of amides is 1. The van der Waals surface area contributed by atoms with Crippen molar-refractivity contribution in [3.05, 3.63) is 35.6 Å². The van der Waals surface area contributed by atoms with E-state index in [4.69, 9.17) is 5.11 Å². The first-order valence-electron chi connectivity index (χ1n) is 6.83. The number of benzene rings is 1. The van der Waals surface area contributed by atoms with Crippen molar-refractivity contribution in [2.75, 3.05) is 13.1 Å². The first-order chi connectivity index (χ1) is 9.56. The predicted octanol–water partition coefficient (Wildman–Crippen LogP) is 1.86. The van der Waals surface area contributed by atoms with Crippen LogP contribution in [-0.4, -0.2) is 35.0 Å². The van der Waals surface area contributed by atoms with E-state index >= 15 is 0 Å². The number of carboxylic acid groups (broad SMARTS) is 1. The maximum absolute atomic E-state index is 13.2. The minimum absolute atomic E-state index is 0.0167. The summed E-state index contributed by atoms with van der Waals surface area (Å²) in [7, 11) is 0. The predicted molar refractivity (Wildman–Crippen MR) is 69.6 cm³/mol. The van der Waals surface area contributed by atoms with Gasteiger partial charge in [0.05, 0.1) is 5.92 Å². The standard InChI is InChI=1S/C15H16FNO3/c16-11-3-1-2-9(6-11)12-7-13(12)14(18)17-5-4-10(8-17)15(19)20/h1-3,6,10,12-13H,4-5,7-8H2,(H,19,20)/t10-,12-,13-/m1/s1. The number of nitrogens with zero attached hydrogens (tertiary/aromatic N) is 1. The zero-order chi connectivity index (χ0) is 14.3. The van der Waals surface area contributed by atoms with Crippen LogP contribution in [-0.2, 0) is 9.59 Å². The van der Waals surface area contributed by atoms with Crippen LogP contribution in [0, 0.1) is 17.7 Å². The topological polar surface area (TPSA) is 57.6 Å². The first-order valence-corrected chi connectivity index (χ1v) is 6.83. The Morgan fingerprint density at radius 3 is 2.80 bits per heavy atom. The van der Waals surface area contributed by atoms with Gasteiger partial charge < -0.3 is 10.0 Å². The molecule has 4 nitrogen and oxygen atoms in total. The van der Waals surface area contributed by atoms with E-state index in [-0.39, 0.29) is 23.6 Å². The normalized spacial score (nSPS) is 28.4. The molecule has 1 aliphatic carbocycles. The molecule has 1 saturated carbocycles. The fraction of sp³-hybridized carbons (Fsp3) is 0.467. The van der Waals surface area contributed by atoms with Gasteiger partial charge in [0.15, 0.2) is 0 Å². The SMILES string of the molecule is O=C(O)[C@@H]1CCN(C(=O)[C@@H]2C[C@@H]2c2cccc(F)c2)C1. The zero-order valence-electron chi connectivity index (χ0n) is 11.0. The molecule has 3 atom stereocenters. The Bertz CT molecular complexity index is 560. The van der Waals surface area contributed by atoms with Crippen molar-refractivity contribution in [3.63, 3.8) is 0 Å². The van der Waals surface area contributed by atoms with Crippen molar-refractivity contribution < 1.29 is 19.1 Å². The molecule has 20 heavy (non-hydrogen) atoms. The summed E-state index contributed by atoms with van der Waals surface area (Å²) in [6.45, 7) is 0.822. The van der Waals surface area contributed by atoms with E-state index in [9.17, 15) is 14.0 Å². The Balaban J connectivity index is 1.62. The maximum atomic E-state index is 13.2. The van der Waals surface area contributed by atoms with E-state index in [2.05, 4.69) is 0 Å². The minimum Gasteiger partial charge on any atom is -0.481 e. The van der Waals surface area contributed by atoms with Gasteiger partial charge in [0.1, 0.15) is 5.82 Å². The number of carboxylic acids is 1. The smallest absolute Gasteiger partial charge is 0.308 e. The fourth-order valence-corrected chi connectivity index (χ4v) is 2.97. The van der Waals surface area contributed by atoms with Crippen molar-refractivity contribution in [1.82, 2.24) is 4.90 Å². The summed E-state index contributed by atoms with van der Waals surface area (Å²) >= 11 is 0. The molecule has 3 rings (SSSR count). The first kappa shape index (κ1) is 13.1. The number of carbonyl (C=O) groups excluding carboxylic acids is 1. The monoisotopic (exact) mass is 277 g/mol.